The molecule has 1 nitrogen and oxygen atoms in total. The molecule has 0 aliphatic heterocycles. The van der Waals surface area contributed by atoms with Crippen molar-refractivity contribution in [1.82, 2.24) is 0 Å². The Labute approximate surface area is 65.1 Å². The molecule has 9 heavy (non-hydrogen) atoms. The lowest BCUT2D eigenvalue weighted by Crippen LogP contribution is -2.33. The fraction of sp³-hybridized carbons (Fsp3) is 1.00. The molecule has 0 aromatic rings. The van der Waals surface area contributed by atoms with Gasteiger partial charge in [0.25, 0.3) is 0 Å². The molecule has 2 heteroatoms. The highest BCUT2D eigenvalue weighted by Gasteiger charge is 2.19. The third-order valence-corrected chi connectivity index (χ3v) is 3.00. The molecular weight excluding hydrogens is 178 g/mol. The van der Waals surface area contributed by atoms with Crippen LogP contribution in [0, 0.1) is 5.92 Å². The first-order valence-corrected chi connectivity index (χ1v) is 4.78. The van der Waals surface area contributed by atoms with Crippen LogP contribution in [0.2, 0.25) is 0 Å². The molecule has 0 saturated heterocycles. The Morgan fingerprint density at radius 2 is 2.00 bits per heavy atom. The van der Waals surface area contributed by atoms with Crippen molar-refractivity contribution in [3.8, 4) is 0 Å². The highest BCUT2D eigenvalue weighted by atomic mass is 79.9. The van der Waals surface area contributed by atoms with Crippen molar-refractivity contribution in [3.63, 3.8) is 0 Å². The number of rotatable bonds is 1. The summed E-state index contributed by atoms with van der Waals surface area (Å²) in [4.78, 5) is 0. The molecule has 1 fully saturated rings. The first-order chi connectivity index (χ1) is 4.34. The van der Waals surface area contributed by atoms with Gasteiger partial charge >= 0.3 is 0 Å². The first-order valence-electron chi connectivity index (χ1n) is 3.66. The van der Waals surface area contributed by atoms with Gasteiger partial charge < -0.3 is 5.73 Å². The smallest absolute Gasteiger partial charge is 0.00751 e. The van der Waals surface area contributed by atoms with Gasteiger partial charge in [-0.15, -0.1) is 0 Å². The van der Waals surface area contributed by atoms with E-state index in [0.29, 0.717) is 6.04 Å². The standard InChI is InChI=1S/C7H14BrN/c8-5-6-3-1-2-4-7(6)9/h6-7H,1-5,9H2. The molecule has 0 spiro atoms. The van der Waals surface area contributed by atoms with Crippen LogP contribution in [0.25, 0.3) is 0 Å². The second-order valence-corrected chi connectivity index (χ2v) is 3.51. The van der Waals surface area contributed by atoms with Gasteiger partial charge in [0.15, 0.2) is 0 Å². The molecular formula is C7H14BrN. The van der Waals surface area contributed by atoms with Crippen molar-refractivity contribution in [2.24, 2.45) is 11.7 Å². The van der Waals surface area contributed by atoms with E-state index in [4.69, 9.17) is 5.73 Å². The molecule has 2 atom stereocenters. The van der Waals surface area contributed by atoms with E-state index in [1.807, 2.05) is 0 Å². The van der Waals surface area contributed by atoms with Gasteiger partial charge in [0, 0.05) is 11.4 Å². The molecule has 1 aliphatic rings. The summed E-state index contributed by atoms with van der Waals surface area (Å²) in [5.41, 5.74) is 5.86. The molecule has 0 radical (unpaired) electrons. The van der Waals surface area contributed by atoms with Gasteiger partial charge in [0.2, 0.25) is 0 Å². The maximum Gasteiger partial charge on any atom is 0.00751 e. The van der Waals surface area contributed by atoms with Gasteiger partial charge in [-0.3, -0.25) is 0 Å². The van der Waals surface area contributed by atoms with Crippen molar-refractivity contribution >= 4 is 15.9 Å². The summed E-state index contributed by atoms with van der Waals surface area (Å²) in [6, 6.07) is 0.470. The SMILES string of the molecule is NC1CCCCC1CBr. The average Bonchev–Trinajstić information content (AvgIpc) is 1.89. The van der Waals surface area contributed by atoms with E-state index < -0.39 is 0 Å². The van der Waals surface area contributed by atoms with Gasteiger partial charge in [-0.25, -0.2) is 0 Å². The number of alkyl halides is 1. The zero-order chi connectivity index (χ0) is 6.69. The van der Waals surface area contributed by atoms with E-state index in [0.717, 1.165) is 11.2 Å². The topological polar surface area (TPSA) is 26.0 Å². The van der Waals surface area contributed by atoms with Gasteiger partial charge in [-0.2, -0.15) is 0 Å². The molecule has 0 bridgehead atoms. The summed E-state index contributed by atoms with van der Waals surface area (Å²) in [6.07, 6.45) is 5.28. The minimum absolute atomic E-state index is 0.470. The Kier molecular flexibility index (Phi) is 2.99. The van der Waals surface area contributed by atoms with Crippen molar-refractivity contribution in [3.05, 3.63) is 0 Å². The average molecular weight is 192 g/mol. The lowest BCUT2D eigenvalue weighted by Gasteiger charge is -2.26. The summed E-state index contributed by atoms with van der Waals surface area (Å²) in [7, 11) is 0. The molecule has 1 saturated carbocycles. The number of hydrogen-bond acceptors (Lipinski definition) is 1. The van der Waals surface area contributed by atoms with Crippen molar-refractivity contribution in [2.75, 3.05) is 5.33 Å². The van der Waals surface area contributed by atoms with Crippen molar-refractivity contribution < 1.29 is 0 Å². The highest BCUT2D eigenvalue weighted by Crippen LogP contribution is 2.23. The Balaban J connectivity index is 2.30. The maximum absolute atomic E-state index is 5.86. The second kappa shape index (κ2) is 3.57. The zero-order valence-corrected chi connectivity index (χ0v) is 7.23. The Bertz CT molecular complexity index is 85.0. The summed E-state index contributed by atoms with van der Waals surface area (Å²) < 4.78 is 0. The summed E-state index contributed by atoms with van der Waals surface area (Å²) in [5.74, 6) is 0.749. The summed E-state index contributed by atoms with van der Waals surface area (Å²) >= 11 is 3.47. The van der Waals surface area contributed by atoms with Crippen LogP contribution in [-0.2, 0) is 0 Å². The lowest BCUT2D eigenvalue weighted by atomic mass is 9.87. The van der Waals surface area contributed by atoms with Crippen LogP contribution in [0.3, 0.4) is 0 Å². The van der Waals surface area contributed by atoms with Crippen LogP contribution < -0.4 is 5.73 Å². The fourth-order valence-corrected chi connectivity index (χ4v) is 2.23. The molecule has 0 aromatic carbocycles. The van der Waals surface area contributed by atoms with Gasteiger partial charge in [0.1, 0.15) is 0 Å². The van der Waals surface area contributed by atoms with E-state index >= 15 is 0 Å². The lowest BCUT2D eigenvalue weighted by molar-refractivity contribution is 0.337. The third-order valence-electron chi connectivity index (χ3n) is 2.17. The molecule has 0 aromatic heterocycles. The second-order valence-electron chi connectivity index (χ2n) is 2.86. The van der Waals surface area contributed by atoms with Gasteiger partial charge in [-0.1, -0.05) is 28.8 Å². The van der Waals surface area contributed by atoms with Gasteiger partial charge in [0.05, 0.1) is 0 Å². The number of nitrogens with two attached hydrogens (primary N) is 1. The van der Waals surface area contributed by atoms with Gasteiger partial charge in [-0.05, 0) is 18.8 Å². The predicted molar refractivity (Wildman–Crippen MR) is 43.7 cm³/mol. The van der Waals surface area contributed by atoms with Crippen LogP contribution in [0.4, 0.5) is 0 Å². The first kappa shape index (κ1) is 7.55. The minimum atomic E-state index is 0.470. The van der Waals surface area contributed by atoms with E-state index in [2.05, 4.69) is 15.9 Å². The van der Waals surface area contributed by atoms with E-state index in [1.165, 1.54) is 25.7 Å². The third kappa shape index (κ3) is 1.94. The predicted octanol–water partition coefficient (Wildman–Crippen LogP) is 1.90. The van der Waals surface area contributed by atoms with E-state index in [1.54, 1.807) is 0 Å². The molecule has 54 valence electrons. The molecule has 0 heterocycles. The van der Waals surface area contributed by atoms with Crippen LogP contribution in [-0.4, -0.2) is 11.4 Å². The van der Waals surface area contributed by atoms with Crippen LogP contribution in [0.5, 0.6) is 0 Å². The Hall–Kier alpha value is 0.440. The normalized spacial score (nSPS) is 36.7. The quantitative estimate of drug-likeness (QED) is 0.631. The molecule has 1 rings (SSSR count). The summed E-state index contributed by atoms with van der Waals surface area (Å²) in [6.45, 7) is 0. The number of halogens is 1. The van der Waals surface area contributed by atoms with Crippen molar-refractivity contribution in [1.29, 1.82) is 0 Å². The zero-order valence-electron chi connectivity index (χ0n) is 5.65. The summed E-state index contributed by atoms with van der Waals surface area (Å²) in [5, 5.41) is 1.09. The Morgan fingerprint density at radius 1 is 1.33 bits per heavy atom. The Morgan fingerprint density at radius 3 is 2.44 bits per heavy atom. The molecule has 0 amide bonds. The highest BCUT2D eigenvalue weighted by molar-refractivity contribution is 9.09. The van der Waals surface area contributed by atoms with Crippen LogP contribution >= 0.6 is 15.9 Å². The molecule has 2 N–H and O–H groups in total. The maximum atomic E-state index is 5.86. The van der Waals surface area contributed by atoms with Crippen molar-refractivity contribution in [2.45, 2.75) is 31.7 Å². The van der Waals surface area contributed by atoms with E-state index in [9.17, 15) is 0 Å². The molecule has 1 aliphatic carbocycles. The van der Waals surface area contributed by atoms with Crippen LogP contribution in [0.15, 0.2) is 0 Å². The van der Waals surface area contributed by atoms with Crippen LogP contribution in [0.1, 0.15) is 25.7 Å². The van der Waals surface area contributed by atoms with E-state index in [-0.39, 0.29) is 0 Å². The minimum Gasteiger partial charge on any atom is -0.327 e. The fourth-order valence-electron chi connectivity index (χ4n) is 1.43. The molecule has 2 unspecified atom stereocenters. The number of hydrogen-bond donors (Lipinski definition) is 1. The monoisotopic (exact) mass is 191 g/mol. The largest absolute Gasteiger partial charge is 0.327 e.